The minimum Gasteiger partial charge on any atom is -0.370 e. The molecule has 1 aromatic rings. The molecule has 1 aromatic heterocycles. The minimum atomic E-state index is -4.52. The summed E-state index contributed by atoms with van der Waals surface area (Å²) in [6, 6.07) is 1.59. The third-order valence-electron chi connectivity index (χ3n) is 3.43. The zero-order valence-electron chi connectivity index (χ0n) is 11.7. The van der Waals surface area contributed by atoms with Crippen molar-refractivity contribution in [1.29, 1.82) is 0 Å². The molecule has 1 saturated heterocycles. The van der Waals surface area contributed by atoms with Crippen molar-refractivity contribution in [3.05, 3.63) is 11.9 Å². The highest BCUT2D eigenvalue weighted by Crippen LogP contribution is 2.30. The largest absolute Gasteiger partial charge is 0.451 e. The molecule has 112 valence electrons. The maximum Gasteiger partial charge on any atom is 0.451 e. The molecule has 0 bridgehead atoms. The van der Waals surface area contributed by atoms with E-state index in [0.717, 1.165) is 25.9 Å². The molecule has 0 atom stereocenters. The first-order chi connectivity index (χ1) is 9.40. The fourth-order valence-corrected chi connectivity index (χ4v) is 2.23. The molecule has 1 N–H and O–H groups in total. The molecular formula is C13H19F3N4. The van der Waals surface area contributed by atoms with E-state index in [-0.39, 0.29) is 5.82 Å². The average Bonchev–Trinajstić information content (AvgIpc) is 2.38. The van der Waals surface area contributed by atoms with Crippen molar-refractivity contribution in [2.75, 3.05) is 29.9 Å². The number of hydrogen-bond acceptors (Lipinski definition) is 4. The molecule has 7 heteroatoms. The Kier molecular flexibility index (Phi) is 4.35. The molecule has 0 spiro atoms. The van der Waals surface area contributed by atoms with Gasteiger partial charge in [0.2, 0.25) is 5.82 Å². The van der Waals surface area contributed by atoms with Crippen molar-refractivity contribution in [3.8, 4) is 0 Å². The summed E-state index contributed by atoms with van der Waals surface area (Å²) in [5.41, 5.74) is 0. The number of halogens is 3. The number of nitrogens with zero attached hydrogens (tertiary/aromatic N) is 3. The predicted octanol–water partition coefficient (Wildman–Crippen LogP) is 3.16. The summed E-state index contributed by atoms with van der Waals surface area (Å²) in [6.07, 6.45) is -2.58. The highest BCUT2D eigenvalue weighted by atomic mass is 19.4. The summed E-state index contributed by atoms with van der Waals surface area (Å²) in [6.45, 7) is 5.97. The van der Waals surface area contributed by atoms with Crippen LogP contribution in [0.15, 0.2) is 6.07 Å². The van der Waals surface area contributed by atoms with Gasteiger partial charge in [-0.3, -0.25) is 0 Å². The first-order valence-corrected chi connectivity index (χ1v) is 6.85. The fraction of sp³-hybridized carbons (Fsp3) is 0.692. The molecule has 2 rings (SSSR count). The van der Waals surface area contributed by atoms with Gasteiger partial charge in [0.25, 0.3) is 0 Å². The van der Waals surface area contributed by atoms with Crippen molar-refractivity contribution in [2.45, 2.75) is 32.9 Å². The van der Waals surface area contributed by atoms with E-state index in [4.69, 9.17) is 0 Å². The number of rotatable bonds is 3. The van der Waals surface area contributed by atoms with Gasteiger partial charge < -0.3 is 10.2 Å². The van der Waals surface area contributed by atoms with Crippen LogP contribution in [0.4, 0.5) is 24.8 Å². The smallest absolute Gasteiger partial charge is 0.370 e. The lowest BCUT2D eigenvalue weighted by Crippen LogP contribution is -2.34. The van der Waals surface area contributed by atoms with Gasteiger partial charge in [0.1, 0.15) is 11.6 Å². The first-order valence-electron chi connectivity index (χ1n) is 6.85. The van der Waals surface area contributed by atoms with E-state index in [1.54, 1.807) is 6.07 Å². The average molecular weight is 288 g/mol. The van der Waals surface area contributed by atoms with Gasteiger partial charge >= 0.3 is 6.18 Å². The van der Waals surface area contributed by atoms with Crippen molar-refractivity contribution < 1.29 is 13.2 Å². The monoisotopic (exact) mass is 288 g/mol. The summed E-state index contributed by atoms with van der Waals surface area (Å²) < 4.78 is 38.5. The van der Waals surface area contributed by atoms with E-state index in [2.05, 4.69) is 22.2 Å². The van der Waals surface area contributed by atoms with Crippen LogP contribution in [-0.4, -0.2) is 29.6 Å². The molecule has 0 saturated carbocycles. The lowest BCUT2D eigenvalue weighted by molar-refractivity contribution is -0.144. The van der Waals surface area contributed by atoms with Crippen LogP contribution in [0.25, 0.3) is 0 Å². The second-order valence-electron chi connectivity index (χ2n) is 5.13. The summed E-state index contributed by atoms with van der Waals surface area (Å²) in [7, 11) is 0. The van der Waals surface area contributed by atoms with Crippen LogP contribution < -0.4 is 10.2 Å². The third-order valence-corrected chi connectivity index (χ3v) is 3.43. The lowest BCUT2D eigenvalue weighted by Gasteiger charge is -2.31. The van der Waals surface area contributed by atoms with Crippen LogP contribution in [0.3, 0.4) is 0 Å². The zero-order valence-corrected chi connectivity index (χ0v) is 11.7. The molecule has 0 aromatic carbocycles. The zero-order chi connectivity index (χ0) is 14.8. The molecule has 0 radical (unpaired) electrons. The van der Waals surface area contributed by atoms with Crippen molar-refractivity contribution in [1.82, 2.24) is 9.97 Å². The molecule has 20 heavy (non-hydrogen) atoms. The second-order valence-corrected chi connectivity index (χ2v) is 5.13. The van der Waals surface area contributed by atoms with Gasteiger partial charge in [0.05, 0.1) is 0 Å². The Labute approximate surface area is 116 Å². The van der Waals surface area contributed by atoms with E-state index in [9.17, 15) is 13.2 Å². The maximum absolute atomic E-state index is 12.8. The van der Waals surface area contributed by atoms with Crippen molar-refractivity contribution in [3.63, 3.8) is 0 Å². The Morgan fingerprint density at radius 3 is 2.50 bits per heavy atom. The number of alkyl halides is 3. The number of nitrogens with one attached hydrogen (secondary N) is 1. The summed E-state index contributed by atoms with van der Waals surface area (Å²) in [5, 5.41) is 2.83. The van der Waals surface area contributed by atoms with Crippen LogP contribution in [-0.2, 0) is 6.18 Å². The summed E-state index contributed by atoms with van der Waals surface area (Å²) in [4.78, 5) is 9.12. The molecular weight excluding hydrogens is 269 g/mol. The van der Waals surface area contributed by atoms with Gasteiger partial charge in [-0.15, -0.1) is 0 Å². The van der Waals surface area contributed by atoms with Crippen LogP contribution in [0, 0.1) is 5.92 Å². The Balaban J connectivity index is 2.29. The Morgan fingerprint density at radius 1 is 1.30 bits per heavy atom. The fourth-order valence-electron chi connectivity index (χ4n) is 2.23. The maximum atomic E-state index is 12.8. The molecule has 1 aliphatic rings. The van der Waals surface area contributed by atoms with Crippen LogP contribution >= 0.6 is 0 Å². The SMILES string of the molecule is CCNc1cc(N2CCC(C)CC2)nc(C(F)(F)F)n1. The van der Waals surface area contributed by atoms with Gasteiger partial charge in [-0.2, -0.15) is 13.2 Å². The summed E-state index contributed by atoms with van der Waals surface area (Å²) >= 11 is 0. The van der Waals surface area contributed by atoms with E-state index < -0.39 is 12.0 Å². The second kappa shape index (κ2) is 5.85. The van der Waals surface area contributed by atoms with E-state index >= 15 is 0 Å². The normalized spacial score (nSPS) is 17.4. The minimum absolute atomic E-state index is 0.225. The van der Waals surface area contributed by atoms with Gasteiger partial charge in [0, 0.05) is 25.7 Å². The molecule has 0 unspecified atom stereocenters. The van der Waals surface area contributed by atoms with Gasteiger partial charge in [-0.05, 0) is 25.7 Å². The van der Waals surface area contributed by atoms with Gasteiger partial charge in [-0.25, -0.2) is 9.97 Å². The topological polar surface area (TPSA) is 41.0 Å². The number of anilines is 2. The first kappa shape index (κ1) is 14.9. The Bertz CT molecular complexity index is 453. The van der Waals surface area contributed by atoms with E-state index in [1.165, 1.54) is 0 Å². The Morgan fingerprint density at radius 2 is 1.95 bits per heavy atom. The number of hydrogen-bond donors (Lipinski definition) is 1. The number of piperidine rings is 1. The molecule has 0 amide bonds. The quantitative estimate of drug-likeness (QED) is 0.927. The van der Waals surface area contributed by atoms with Crippen molar-refractivity contribution >= 4 is 11.6 Å². The van der Waals surface area contributed by atoms with Crippen LogP contribution in [0.2, 0.25) is 0 Å². The van der Waals surface area contributed by atoms with Gasteiger partial charge in [-0.1, -0.05) is 6.92 Å². The molecule has 1 aliphatic heterocycles. The number of aromatic nitrogens is 2. The highest BCUT2D eigenvalue weighted by molar-refractivity contribution is 5.50. The van der Waals surface area contributed by atoms with Crippen LogP contribution in [0.1, 0.15) is 32.5 Å². The molecule has 4 nitrogen and oxygen atoms in total. The summed E-state index contributed by atoms with van der Waals surface area (Å²) in [5.74, 6) is 0.117. The van der Waals surface area contributed by atoms with E-state index in [1.807, 2.05) is 11.8 Å². The molecule has 2 heterocycles. The molecule has 0 aliphatic carbocycles. The van der Waals surface area contributed by atoms with E-state index in [0.29, 0.717) is 18.3 Å². The Hall–Kier alpha value is -1.53. The van der Waals surface area contributed by atoms with Crippen molar-refractivity contribution in [2.24, 2.45) is 5.92 Å². The predicted molar refractivity (Wildman–Crippen MR) is 71.8 cm³/mol. The van der Waals surface area contributed by atoms with Crippen LogP contribution in [0.5, 0.6) is 0 Å². The standard InChI is InChI=1S/C13H19F3N4/c1-3-17-10-8-11(19-12(18-10)13(14,15)16)20-6-4-9(2)5-7-20/h8-9H,3-7H2,1-2H3,(H,17,18,19). The third kappa shape index (κ3) is 3.52. The lowest BCUT2D eigenvalue weighted by atomic mass is 9.99. The van der Waals surface area contributed by atoms with Gasteiger partial charge in [0.15, 0.2) is 0 Å². The highest BCUT2D eigenvalue weighted by Gasteiger charge is 2.36. The molecule has 1 fully saturated rings.